The van der Waals surface area contributed by atoms with Gasteiger partial charge in [0.05, 0.1) is 19.8 Å². The van der Waals surface area contributed by atoms with Crippen molar-refractivity contribution in [3.8, 4) is 0 Å². The first kappa shape index (κ1) is 14.9. The second-order valence-electron chi connectivity index (χ2n) is 5.11. The van der Waals surface area contributed by atoms with E-state index in [9.17, 15) is 4.79 Å². The molecule has 5 nitrogen and oxygen atoms in total. The van der Waals surface area contributed by atoms with Crippen molar-refractivity contribution in [2.24, 2.45) is 0 Å². The van der Waals surface area contributed by atoms with E-state index in [4.69, 9.17) is 4.74 Å². The molecule has 0 bridgehead atoms. The molecule has 1 aliphatic heterocycles. The van der Waals surface area contributed by atoms with Crippen molar-refractivity contribution in [1.29, 1.82) is 0 Å². The van der Waals surface area contributed by atoms with Gasteiger partial charge in [0.25, 0.3) is 0 Å². The zero-order valence-electron chi connectivity index (χ0n) is 12.3. The molecule has 0 unspecified atom stereocenters. The molecule has 1 aromatic rings. The molecule has 0 aliphatic carbocycles. The van der Waals surface area contributed by atoms with Crippen LogP contribution in [-0.2, 0) is 9.53 Å². The van der Waals surface area contributed by atoms with Gasteiger partial charge in [-0.05, 0) is 31.2 Å². The molecule has 1 amide bonds. The van der Waals surface area contributed by atoms with Crippen molar-refractivity contribution in [2.45, 2.75) is 19.4 Å². The number of amides is 1. The summed E-state index contributed by atoms with van der Waals surface area (Å²) in [5, 5.41) is 0. The molecule has 1 atom stereocenters. The third kappa shape index (κ3) is 3.77. The van der Waals surface area contributed by atoms with E-state index in [2.05, 4.69) is 16.8 Å². The quantitative estimate of drug-likeness (QED) is 0.814. The number of ether oxygens (including phenoxy) is 1. The lowest BCUT2D eigenvalue weighted by atomic mass is 10.0. The lowest BCUT2D eigenvalue weighted by Gasteiger charge is -2.31. The molecule has 5 heteroatoms. The predicted octanol–water partition coefficient (Wildman–Crippen LogP) is 1.32. The highest BCUT2D eigenvalue weighted by molar-refractivity contribution is 5.78. The molecule has 0 aromatic carbocycles. The first-order valence-electron chi connectivity index (χ1n) is 7.18. The molecule has 0 radical (unpaired) electrons. The molecule has 1 fully saturated rings. The van der Waals surface area contributed by atoms with Gasteiger partial charge < -0.3 is 9.64 Å². The summed E-state index contributed by atoms with van der Waals surface area (Å²) in [4.78, 5) is 20.3. The van der Waals surface area contributed by atoms with Gasteiger partial charge >= 0.3 is 0 Å². The maximum absolute atomic E-state index is 12.3. The van der Waals surface area contributed by atoms with Gasteiger partial charge in [0.2, 0.25) is 5.91 Å². The van der Waals surface area contributed by atoms with Crippen molar-refractivity contribution in [2.75, 3.05) is 39.9 Å². The molecular weight excluding hydrogens is 254 g/mol. The SMILES string of the molecule is CC[C@@H](c1ccncc1)N(C)CC(=O)N1CCOCC1. The number of aromatic nitrogens is 1. The molecule has 0 saturated carbocycles. The molecule has 1 aromatic heterocycles. The lowest BCUT2D eigenvalue weighted by Crippen LogP contribution is -2.45. The summed E-state index contributed by atoms with van der Waals surface area (Å²) in [6, 6.07) is 4.29. The standard InChI is InChI=1S/C15H23N3O2/c1-3-14(13-4-6-16-7-5-13)17(2)12-15(19)18-8-10-20-11-9-18/h4-7,14H,3,8-12H2,1-2H3/t14-/m0/s1. The van der Waals surface area contributed by atoms with E-state index in [0.29, 0.717) is 32.8 Å². The Bertz CT molecular complexity index is 418. The van der Waals surface area contributed by atoms with Crippen molar-refractivity contribution in [3.63, 3.8) is 0 Å². The van der Waals surface area contributed by atoms with Gasteiger partial charge in [0.1, 0.15) is 0 Å². The van der Waals surface area contributed by atoms with E-state index in [-0.39, 0.29) is 11.9 Å². The second-order valence-corrected chi connectivity index (χ2v) is 5.11. The van der Waals surface area contributed by atoms with E-state index in [1.807, 2.05) is 24.1 Å². The van der Waals surface area contributed by atoms with Crippen molar-refractivity contribution in [3.05, 3.63) is 30.1 Å². The van der Waals surface area contributed by atoms with E-state index < -0.39 is 0 Å². The van der Waals surface area contributed by atoms with Crippen LogP contribution >= 0.6 is 0 Å². The zero-order valence-corrected chi connectivity index (χ0v) is 12.3. The molecule has 20 heavy (non-hydrogen) atoms. The monoisotopic (exact) mass is 277 g/mol. The molecule has 0 N–H and O–H groups in total. The minimum absolute atomic E-state index is 0.184. The van der Waals surface area contributed by atoms with Gasteiger partial charge in [-0.3, -0.25) is 14.7 Å². The predicted molar refractivity (Wildman–Crippen MR) is 77.3 cm³/mol. The summed E-state index contributed by atoms with van der Waals surface area (Å²) in [5.41, 5.74) is 1.21. The van der Waals surface area contributed by atoms with E-state index in [1.54, 1.807) is 12.4 Å². The number of pyridine rings is 1. The Morgan fingerprint density at radius 2 is 2.05 bits per heavy atom. The molecule has 2 rings (SSSR count). The zero-order chi connectivity index (χ0) is 14.4. The number of carbonyl (C=O) groups is 1. The van der Waals surface area contributed by atoms with Gasteiger partial charge in [-0.1, -0.05) is 6.92 Å². The Kier molecular flexibility index (Phi) is 5.49. The van der Waals surface area contributed by atoms with Crippen LogP contribution in [0.1, 0.15) is 24.9 Å². The van der Waals surface area contributed by atoms with Crippen LogP contribution in [0.3, 0.4) is 0 Å². The minimum Gasteiger partial charge on any atom is -0.378 e. The molecular formula is C15H23N3O2. The fourth-order valence-electron chi connectivity index (χ4n) is 2.62. The van der Waals surface area contributed by atoms with Crippen LogP contribution in [0, 0.1) is 0 Å². The summed E-state index contributed by atoms with van der Waals surface area (Å²) < 4.78 is 5.28. The number of carbonyl (C=O) groups excluding carboxylic acids is 1. The second kappa shape index (κ2) is 7.36. The van der Waals surface area contributed by atoms with Crippen LogP contribution in [0.15, 0.2) is 24.5 Å². The van der Waals surface area contributed by atoms with E-state index in [0.717, 1.165) is 6.42 Å². The summed E-state index contributed by atoms with van der Waals surface area (Å²) >= 11 is 0. The lowest BCUT2D eigenvalue weighted by molar-refractivity contribution is -0.136. The molecule has 110 valence electrons. The Hall–Kier alpha value is -1.46. The van der Waals surface area contributed by atoms with Crippen LogP contribution in [0.4, 0.5) is 0 Å². The number of nitrogens with zero attached hydrogens (tertiary/aromatic N) is 3. The van der Waals surface area contributed by atoms with Crippen molar-refractivity contribution < 1.29 is 9.53 Å². The van der Waals surface area contributed by atoms with Gasteiger partial charge in [-0.25, -0.2) is 0 Å². The smallest absolute Gasteiger partial charge is 0.236 e. The van der Waals surface area contributed by atoms with Gasteiger partial charge in [-0.2, -0.15) is 0 Å². The molecule has 1 aliphatic rings. The summed E-state index contributed by atoms with van der Waals surface area (Å²) in [5.74, 6) is 0.184. The molecule has 0 spiro atoms. The maximum atomic E-state index is 12.3. The van der Waals surface area contributed by atoms with E-state index >= 15 is 0 Å². The number of hydrogen-bond donors (Lipinski definition) is 0. The Morgan fingerprint density at radius 3 is 2.65 bits per heavy atom. The highest BCUT2D eigenvalue weighted by Crippen LogP contribution is 2.22. The Balaban J connectivity index is 1.95. The molecule has 2 heterocycles. The van der Waals surface area contributed by atoms with Crippen molar-refractivity contribution in [1.82, 2.24) is 14.8 Å². The Morgan fingerprint density at radius 1 is 1.40 bits per heavy atom. The summed E-state index contributed by atoms with van der Waals surface area (Å²) in [6.07, 6.45) is 4.57. The summed E-state index contributed by atoms with van der Waals surface area (Å²) in [7, 11) is 2.01. The third-order valence-corrected chi connectivity index (χ3v) is 3.76. The number of likely N-dealkylation sites (N-methyl/N-ethyl adjacent to an activating group) is 1. The number of hydrogen-bond acceptors (Lipinski definition) is 4. The van der Waals surface area contributed by atoms with E-state index in [1.165, 1.54) is 5.56 Å². The van der Waals surface area contributed by atoms with Crippen molar-refractivity contribution >= 4 is 5.91 Å². The highest BCUT2D eigenvalue weighted by Gasteiger charge is 2.22. The molecule has 1 saturated heterocycles. The Labute approximate surface area is 120 Å². The van der Waals surface area contributed by atoms with Crippen LogP contribution in [-0.4, -0.2) is 60.6 Å². The van der Waals surface area contributed by atoms with Gasteiger partial charge in [0, 0.05) is 31.5 Å². The van der Waals surface area contributed by atoms with Crippen LogP contribution in [0.5, 0.6) is 0 Å². The van der Waals surface area contributed by atoms with Crippen LogP contribution < -0.4 is 0 Å². The fraction of sp³-hybridized carbons (Fsp3) is 0.600. The largest absolute Gasteiger partial charge is 0.378 e. The first-order valence-corrected chi connectivity index (χ1v) is 7.18. The maximum Gasteiger partial charge on any atom is 0.236 e. The fourth-order valence-corrected chi connectivity index (χ4v) is 2.62. The minimum atomic E-state index is 0.184. The highest BCUT2D eigenvalue weighted by atomic mass is 16.5. The average molecular weight is 277 g/mol. The van der Waals surface area contributed by atoms with Gasteiger partial charge in [-0.15, -0.1) is 0 Å². The van der Waals surface area contributed by atoms with Crippen LogP contribution in [0.25, 0.3) is 0 Å². The number of morpholine rings is 1. The first-order chi connectivity index (χ1) is 9.72. The van der Waals surface area contributed by atoms with Crippen LogP contribution in [0.2, 0.25) is 0 Å². The summed E-state index contributed by atoms with van der Waals surface area (Å²) in [6.45, 7) is 5.30. The third-order valence-electron chi connectivity index (χ3n) is 3.76. The number of rotatable bonds is 5. The normalized spacial score (nSPS) is 17.2. The topological polar surface area (TPSA) is 45.7 Å². The van der Waals surface area contributed by atoms with Gasteiger partial charge in [0.15, 0.2) is 0 Å². The average Bonchev–Trinajstić information content (AvgIpc) is 2.50.